The van der Waals surface area contributed by atoms with Crippen molar-refractivity contribution in [2.45, 2.75) is 4.90 Å². The number of nitro benzene ring substituents is 1. The zero-order valence-corrected chi connectivity index (χ0v) is 15.0. The molecular weight excluding hydrogens is 368 g/mol. The lowest BCUT2D eigenvalue weighted by Crippen LogP contribution is -2.14. The van der Waals surface area contributed by atoms with Crippen LogP contribution in [0.1, 0.15) is 0 Å². The summed E-state index contributed by atoms with van der Waals surface area (Å²) in [6.07, 6.45) is 0. The van der Waals surface area contributed by atoms with Gasteiger partial charge in [-0.25, -0.2) is 0 Å². The van der Waals surface area contributed by atoms with Crippen molar-refractivity contribution in [1.82, 2.24) is 0 Å². The van der Waals surface area contributed by atoms with Crippen LogP contribution < -0.4 is 14.8 Å². The average Bonchev–Trinajstić information content (AvgIpc) is 2.61. The fourth-order valence-electron chi connectivity index (χ4n) is 1.95. The number of anilines is 1. The van der Waals surface area contributed by atoms with Gasteiger partial charge in [0.15, 0.2) is 11.5 Å². The molecule has 0 aliphatic heterocycles. The molecular formula is C16H15ClN2O5S. The first-order chi connectivity index (χ1) is 11.9. The Hall–Kier alpha value is -2.45. The number of halogens is 1. The lowest BCUT2D eigenvalue weighted by Gasteiger charge is -2.12. The van der Waals surface area contributed by atoms with Crippen molar-refractivity contribution in [2.24, 2.45) is 0 Å². The van der Waals surface area contributed by atoms with Gasteiger partial charge in [-0.15, -0.1) is 11.8 Å². The Balaban J connectivity index is 1.99. The Kier molecular flexibility index (Phi) is 6.49. The molecule has 25 heavy (non-hydrogen) atoms. The fraction of sp³-hybridized carbons (Fsp3) is 0.188. The highest BCUT2D eigenvalue weighted by Gasteiger charge is 2.13. The van der Waals surface area contributed by atoms with Gasteiger partial charge in [-0.1, -0.05) is 11.6 Å². The van der Waals surface area contributed by atoms with Gasteiger partial charge in [0.1, 0.15) is 0 Å². The number of nitrogens with zero attached hydrogens (tertiary/aromatic N) is 1. The number of methoxy groups -OCH3 is 2. The number of amides is 1. The highest BCUT2D eigenvalue weighted by Crippen LogP contribution is 2.36. The molecule has 0 spiro atoms. The molecule has 7 nitrogen and oxygen atoms in total. The minimum absolute atomic E-state index is 0.00547. The number of hydrogen-bond donors (Lipinski definition) is 1. The summed E-state index contributed by atoms with van der Waals surface area (Å²) in [7, 11) is 2.98. The third-order valence-corrected chi connectivity index (χ3v) is 4.49. The number of thioether (sulfide) groups is 1. The maximum atomic E-state index is 12.1. The SMILES string of the molecule is COc1cc(Cl)c(NC(=O)CSc2ccc([N+](=O)[O-])cc2)cc1OC. The largest absolute Gasteiger partial charge is 0.493 e. The summed E-state index contributed by atoms with van der Waals surface area (Å²) in [5.41, 5.74) is 0.416. The minimum Gasteiger partial charge on any atom is -0.493 e. The average molecular weight is 383 g/mol. The molecule has 0 heterocycles. The van der Waals surface area contributed by atoms with E-state index in [1.54, 1.807) is 24.3 Å². The quantitative estimate of drug-likeness (QED) is 0.442. The molecule has 0 unspecified atom stereocenters. The van der Waals surface area contributed by atoms with Crippen LogP contribution in [0.3, 0.4) is 0 Å². The van der Waals surface area contributed by atoms with Crippen LogP contribution in [0.25, 0.3) is 0 Å². The van der Waals surface area contributed by atoms with Gasteiger partial charge in [-0.3, -0.25) is 14.9 Å². The van der Waals surface area contributed by atoms with Crippen molar-refractivity contribution in [1.29, 1.82) is 0 Å². The molecule has 0 aliphatic rings. The van der Waals surface area contributed by atoms with E-state index in [9.17, 15) is 14.9 Å². The highest BCUT2D eigenvalue weighted by molar-refractivity contribution is 8.00. The van der Waals surface area contributed by atoms with Gasteiger partial charge in [0.05, 0.1) is 35.6 Å². The Morgan fingerprint density at radius 3 is 2.36 bits per heavy atom. The summed E-state index contributed by atoms with van der Waals surface area (Å²) >= 11 is 7.38. The third kappa shape index (κ3) is 5.01. The summed E-state index contributed by atoms with van der Waals surface area (Å²) in [5, 5.41) is 13.6. The van der Waals surface area contributed by atoms with Gasteiger partial charge in [0.2, 0.25) is 5.91 Å². The van der Waals surface area contributed by atoms with Crippen LogP contribution in [-0.2, 0) is 4.79 Å². The number of rotatable bonds is 7. The van der Waals surface area contributed by atoms with Crippen molar-refractivity contribution < 1.29 is 19.2 Å². The number of carbonyl (C=O) groups excluding carboxylic acids is 1. The molecule has 0 aromatic heterocycles. The van der Waals surface area contributed by atoms with E-state index in [0.717, 1.165) is 4.90 Å². The Morgan fingerprint density at radius 1 is 1.20 bits per heavy atom. The van der Waals surface area contributed by atoms with Crippen molar-refractivity contribution >= 4 is 40.6 Å². The number of ether oxygens (including phenoxy) is 2. The molecule has 0 fully saturated rings. The van der Waals surface area contributed by atoms with Crippen LogP contribution >= 0.6 is 23.4 Å². The summed E-state index contributed by atoms with van der Waals surface area (Å²) in [4.78, 5) is 23.0. The van der Waals surface area contributed by atoms with Crippen molar-refractivity contribution in [3.05, 3.63) is 51.5 Å². The smallest absolute Gasteiger partial charge is 0.269 e. The van der Waals surface area contributed by atoms with Crippen LogP contribution in [0.4, 0.5) is 11.4 Å². The second kappa shape index (κ2) is 8.59. The zero-order valence-electron chi connectivity index (χ0n) is 13.4. The molecule has 0 bridgehead atoms. The Labute approximate surface area is 153 Å². The van der Waals surface area contributed by atoms with Crippen molar-refractivity contribution in [2.75, 3.05) is 25.3 Å². The molecule has 132 valence electrons. The summed E-state index contributed by atoms with van der Waals surface area (Å²) in [5.74, 6) is 0.774. The normalized spacial score (nSPS) is 10.2. The lowest BCUT2D eigenvalue weighted by molar-refractivity contribution is -0.384. The van der Waals surface area contributed by atoms with Gasteiger partial charge in [-0.2, -0.15) is 0 Å². The number of hydrogen-bond acceptors (Lipinski definition) is 6. The lowest BCUT2D eigenvalue weighted by atomic mass is 10.2. The van der Waals surface area contributed by atoms with Gasteiger partial charge >= 0.3 is 0 Å². The van der Waals surface area contributed by atoms with Crippen LogP contribution in [-0.4, -0.2) is 30.8 Å². The van der Waals surface area contributed by atoms with Crippen LogP contribution in [0.2, 0.25) is 5.02 Å². The van der Waals surface area contributed by atoms with Gasteiger partial charge in [0, 0.05) is 29.2 Å². The number of non-ortho nitro benzene ring substituents is 1. The molecule has 9 heteroatoms. The van der Waals surface area contributed by atoms with E-state index < -0.39 is 4.92 Å². The molecule has 0 aliphatic carbocycles. The maximum absolute atomic E-state index is 12.1. The van der Waals surface area contributed by atoms with E-state index in [1.165, 1.54) is 38.1 Å². The Bertz CT molecular complexity index is 783. The maximum Gasteiger partial charge on any atom is 0.269 e. The zero-order chi connectivity index (χ0) is 18.4. The predicted octanol–water partition coefficient (Wildman–Crippen LogP) is 4.00. The number of carbonyl (C=O) groups is 1. The molecule has 2 aromatic carbocycles. The molecule has 2 rings (SSSR count). The fourth-order valence-corrected chi connectivity index (χ4v) is 2.85. The standard InChI is InChI=1S/C16H15ClN2O5S/c1-23-14-7-12(17)13(8-15(14)24-2)18-16(20)9-25-11-5-3-10(4-6-11)19(21)22/h3-8H,9H2,1-2H3,(H,18,20). The molecule has 0 saturated heterocycles. The molecule has 2 aromatic rings. The third-order valence-electron chi connectivity index (χ3n) is 3.16. The number of nitrogens with one attached hydrogen (secondary N) is 1. The van der Waals surface area contributed by atoms with E-state index in [1.807, 2.05) is 0 Å². The van der Waals surface area contributed by atoms with Gasteiger partial charge < -0.3 is 14.8 Å². The van der Waals surface area contributed by atoms with E-state index in [0.29, 0.717) is 22.2 Å². The highest BCUT2D eigenvalue weighted by atomic mass is 35.5. The number of nitro groups is 1. The van der Waals surface area contributed by atoms with Crippen LogP contribution in [0.5, 0.6) is 11.5 Å². The molecule has 0 atom stereocenters. The first-order valence-electron chi connectivity index (χ1n) is 7.03. The van der Waals surface area contributed by atoms with Crippen LogP contribution in [0.15, 0.2) is 41.3 Å². The summed E-state index contributed by atoms with van der Waals surface area (Å²) in [6, 6.07) is 9.12. The first-order valence-corrected chi connectivity index (χ1v) is 8.39. The second-order valence-corrected chi connectivity index (χ2v) is 6.23. The van der Waals surface area contributed by atoms with Crippen molar-refractivity contribution in [3.8, 4) is 11.5 Å². The summed E-state index contributed by atoms with van der Waals surface area (Å²) < 4.78 is 10.3. The summed E-state index contributed by atoms with van der Waals surface area (Å²) in [6.45, 7) is 0. The topological polar surface area (TPSA) is 90.7 Å². The molecule has 1 N–H and O–H groups in total. The minimum atomic E-state index is -0.472. The van der Waals surface area contributed by atoms with E-state index >= 15 is 0 Å². The van der Waals surface area contributed by atoms with E-state index in [-0.39, 0.29) is 17.3 Å². The monoisotopic (exact) mass is 382 g/mol. The van der Waals surface area contributed by atoms with E-state index in [4.69, 9.17) is 21.1 Å². The van der Waals surface area contributed by atoms with Crippen molar-refractivity contribution in [3.63, 3.8) is 0 Å². The molecule has 0 saturated carbocycles. The second-order valence-electron chi connectivity index (χ2n) is 4.77. The molecule has 0 radical (unpaired) electrons. The van der Waals surface area contributed by atoms with E-state index in [2.05, 4.69) is 5.32 Å². The molecule has 1 amide bonds. The van der Waals surface area contributed by atoms with Gasteiger partial charge in [-0.05, 0) is 12.1 Å². The predicted molar refractivity (Wildman–Crippen MR) is 97.0 cm³/mol. The first kappa shape index (κ1) is 18.9. The number of benzene rings is 2. The Morgan fingerprint density at radius 2 is 1.80 bits per heavy atom. The van der Waals surface area contributed by atoms with Gasteiger partial charge in [0.25, 0.3) is 5.69 Å². The van der Waals surface area contributed by atoms with Crippen LogP contribution in [0, 0.1) is 10.1 Å².